The number of aryl methyl sites for hydroxylation is 1. The lowest BCUT2D eigenvalue weighted by atomic mass is 9.72. The second-order valence-corrected chi connectivity index (χ2v) is 11.9. The van der Waals surface area contributed by atoms with Gasteiger partial charge in [-0.25, -0.2) is 14.8 Å². The van der Waals surface area contributed by atoms with Crippen molar-refractivity contribution in [2.24, 2.45) is 17.3 Å². The molecular formula is C29H37F3N4O4. The number of hydrogen-bond donors (Lipinski definition) is 2. The zero-order chi connectivity index (χ0) is 29.4. The molecule has 1 aliphatic carbocycles. The van der Waals surface area contributed by atoms with Gasteiger partial charge in [0.05, 0.1) is 30.5 Å². The number of nitrogens with one attached hydrogen (secondary N) is 1. The van der Waals surface area contributed by atoms with Gasteiger partial charge in [0.25, 0.3) is 0 Å². The highest BCUT2D eigenvalue weighted by Crippen LogP contribution is 2.50. The van der Waals surface area contributed by atoms with E-state index in [2.05, 4.69) is 15.3 Å². The van der Waals surface area contributed by atoms with Gasteiger partial charge in [-0.2, -0.15) is 13.2 Å². The topological polar surface area (TPSA) is 105 Å². The molecule has 4 unspecified atom stereocenters. The van der Waals surface area contributed by atoms with Crippen LogP contribution in [0.5, 0.6) is 5.88 Å². The molecule has 1 amide bonds. The van der Waals surface area contributed by atoms with Crippen molar-refractivity contribution in [2.45, 2.75) is 84.1 Å². The van der Waals surface area contributed by atoms with Gasteiger partial charge in [0.2, 0.25) is 11.8 Å². The third-order valence-electron chi connectivity index (χ3n) is 7.98. The largest absolute Gasteiger partial charge is 0.481 e. The summed E-state index contributed by atoms with van der Waals surface area (Å²) in [4.78, 5) is 37.5. The second-order valence-electron chi connectivity index (χ2n) is 11.9. The minimum Gasteiger partial charge on any atom is -0.481 e. The number of rotatable bonds is 6. The van der Waals surface area contributed by atoms with Crippen molar-refractivity contribution in [3.8, 4) is 5.88 Å². The molecule has 0 spiro atoms. The SMILES string of the molecule is COc1cccc(C2C(Nc3cc(C(F)(F)F)cc(C)n3)C(C(C)(C)C)C(C(=O)O)N2C(=O)C2CCCCC2)n1. The number of alkyl halides is 3. The summed E-state index contributed by atoms with van der Waals surface area (Å²) in [7, 11) is 1.45. The van der Waals surface area contributed by atoms with E-state index in [9.17, 15) is 27.9 Å². The molecule has 40 heavy (non-hydrogen) atoms. The predicted molar refractivity (Wildman–Crippen MR) is 143 cm³/mol. The van der Waals surface area contributed by atoms with Crippen LogP contribution in [0.2, 0.25) is 0 Å². The van der Waals surface area contributed by atoms with E-state index < -0.39 is 47.2 Å². The Morgan fingerprint density at radius 2 is 1.75 bits per heavy atom. The van der Waals surface area contributed by atoms with Crippen LogP contribution in [0.3, 0.4) is 0 Å². The minimum absolute atomic E-state index is 0.0458. The third kappa shape index (κ3) is 6.02. The highest BCUT2D eigenvalue weighted by Gasteiger charge is 2.59. The molecular weight excluding hydrogens is 525 g/mol. The maximum atomic E-state index is 14.2. The summed E-state index contributed by atoms with van der Waals surface area (Å²) in [6.07, 6.45) is -0.505. The highest BCUT2D eigenvalue weighted by molar-refractivity contribution is 5.87. The predicted octanol–water partition coefficient (Wildman–Crippen LogP) is 5.87. The Labute approximate surface area is 232 Å². The molecule has 11 heteroatoms. The first kappa shape index (κ1) is 29.6. The van der Waals surface area contributed by atoms with Crippen LogP contribution in [0.15, 0.2) is 30.3 Å². The van der Waals surface area contributed by atoms with Crippen LogP contribution in [0.1, 0.15) is 75.9 Å². The van der Waals surface area contributed by atoms with E-state index in [-0.39, 0.29) is 29.2 Å². The van der Waals surface area contributed by atoms with Gasteiger partial charge in [0.15, 0.2) is 0 Å². The highest BCUT2D eigenvalue weighted by atomic mass is 19.4. The molecule has 3 heterocycles. The fourth-order valence-electron chi connectivity index (χ4n) is 6.31. The number of likely N-dealkylation sites (tertiary alicyclic amines) is 1. The normalized spacial score (nSPS) is 24.1. The number of carbonyl (C=O) groups is 2. The van der Waals surface area contributed by atoms with Crippen LogP contribution in [-0.2, 0) is 15.8 Å². The number of hydrogen-bond acceptors (Lipinski definition) is 6. The van der Waals surface area contributed by atoms with Crippen molar-refractivity contribution in [2.75, 3.05) is 12.4 Å². The van der Waals surface area contributed by atoms with Gasteiger partial charge in [0.1, 0.15) is 11.9 Å². The quantitative estimate of drug-likeness (QED) is 0.454. The zero-order valence-electron chi connectivity index (χ0n) is 23.5. The number of carbonyl (C=O) groups excluding carboxylic acids is 1. The molecule has 2 N–H and O–H groups in total. The molecule has 4 rings (SSSR count). The number of anilines is 1. The van der Waals surface area contributed by atoms with Gasteiger partial charge < -0.3 is 20.1 Å². The van der Waals surface area contributed by atoms with E-state index in [0.29, 0.717) is 18.5 Å². The van der Waals surface area contributed by atoms with E-state index in [1.54, 1.807) is 18.2 Å². The number of methoxy groups -OCH3 is 1. The smallest absolute Gasteiger partial charge is 0.416 e. The molecule has 4 atom stereocenters. The molecule has 1 saturated carbocycles. The maximum absolute atomic E-state index is 14.2. The number of pyridine rings is 2. The van der Waals surface area contributed by atoms with E-state index in [1.165, 1.54) is 18.9 Å². The summed E-state index contributed by atoms with van der Waals surface area (Å²) in [6, 6.07) is 3.96. The standard InChI is InChI=1S/C29H37F3N4O4/c1-16-14-18(29(30,31)32)15-20(33-16)35-23-22(28(2,3)4)25(27(38)39)36(26(37)17-10-7-6-8-11-17)24(23)19-12-9-13-21(34-19)40-5/h9,12-15,17,22-25H,6-8,10-11H2,1-5H3,(H,33,35)(H,38,39). The van der Waals surface area contributed by atoms with Crippen molar-refractivity contribution >= 4 is 17.7 Å². The first-order valence-corrected chi connectivity index (χ1v) is 13.6. The molecule has 2 aliphatic rings. The number of halogens is 3. The van der Waals surface area contributed by atoms with Gasteiger partial charge in [-0.15, -0.1) is 0 Å². The molecule has 8 nitrogen and oxygen atoms in total. The van der Waals surface area contributed by atoms with Gasteiger partial charge >= 0.3 is 12.1 Å². The first-order chi connectivity index (χ1) is 18.7. The Hall–Kier alpha value is -3.37. The number of aromatic nitrogens is 2. The Kier molecular flexibility index (Phi) is 8.33. The average molecular weight is 563 g/mol. The van der Waals surface area contributed by atoms with Crippen LogP contribution < -0.4 is 10.1 Å². The average Bonchev–Trinajstić information content (AvgIpc) is 3.23. The zero-order valence-corrected chi connectivity index (χ0v) is 23.5. The molecule has 0 bridgehead atoms. The molecule has 1 saturated heterocycles. The van der Waals surface area contributed by atoms with E-state index in [4.69, 9.17) is 4.74 Å². The van der Waals surface area contributed by atoms with E-state index in [1.807, 2.05) is 20.8 Å². The summed E-state index contributed by atoms with van der Waals surface area (Å²) < 4.78 is 46.4. The van der Waals surface area contributed by atoms with Crippen molar-refractivity contribution in [1.82, 2.24) is 14.9 Å². The Balaban J connectivity index is 1.91. The fraction of sp³-hybridized carbons (Fsp3) is 0.586. The van der Waals surface area contributed by atoms with Gasteiger partial charge in [-0.05, 0) is 43.4 Å². The summed E-state index contributed by atoms with van der Waals surface area (Å²) in [5, 5.41) is 13.7. The van der Waals surface area contributed by atoms with Crippen LogP contribution >= 0.6 is 0 Å². The van der Waals surface area contributed by atoms with Gasteiger partial charge in [-0.3, -0.25) is 4.79 Å². The van der Waals surface area contributed by atoms with Crippen molar-refractivity contribution in [3.63, 3.8) is 0 Å². The number of nitrogens with zero attached hydrogens (tertiary/aromatic N) is 3. The van der Waals surface area contributed by atoms with Gasteiger partial charge in [0, 0.05) is 23.6 Å². The number of amides is 1. The maximum Gasteiger partial charge on any atom is 0.416 e. The first-order valence-electron chi connectivity index (χ1n) is 13.6. The lowest BCUT2D eigenvalue weighted by Gasteiger charge is -2.36. The minimum atomic E-state index is -4.59. The third-order valence-corrected chi connectivity index (χ3v) is 7.98. The molecule has 0 aromatic carbocycles. The summed E-state index contributed by atoms with van der Waals surface area (Å²) in [6.45, 7) is 7.09. The lowest BCUT2D eigenvalue weighted by Crippen LogP contribution is -2.49. The molecule has 2 aromatic heterocycles. The Morgan fingerprint density at radius 1 is 1.07 bits per heavy atom. The van der Waals surface area contributed by atoms with Crippen LogP contribution in [0, 0.1) is 24.2 Å². The van der Waals surface area contributed by atoms with Crippen molar-refractivity contribution in [3.05, 3.63) is 47.3 Å². The molecule has 218 valence electrons. The number of aliphatic carboxylic acids is 1. The number of carboxylic acids is 1. The van der Waals surface area contributed by atoms with Crippen LogP contribution in [0.4, 0.5) is 19.0 Å². The monoisotopic (exact) mass is 562 g/mol. The summed E-state index contributed by atoms with van der Waals surface area (Å²) in [5.41, 5.74) is -0.990. The number of ether oxygens (including phenoxy) is 1. The molecule has 1 aliphatic heterocycles. The van der Waals surface area contributed by atoms with E-state index >= 15 is 0 Å². The lowest BCUT2D eigenvalue weighted by molar-refractivity contribution is -0.154. The number of carboxylic acid groups (broad SMARTS) is 1. The second kappa shape index (κ2) is 11.2. The van der Waals surface area contributed by atoms with E-state index in [0.717, 1.165) is 31.4 Å². The van der Waals surface area contributed by atoms with Crippen LogP contribution in [-0.4, -0.2) is 51.0 Å². The van der Waals surface area contributed by atoms with Crippen molar-refractivity contribution < 1.29 is 32.6 Å². The van der Waals surface area contributed by atoms with Crippen LogP contribution in [0.25, 0.3) is 0 Å². The molecule has 2 fully saturated rings. The Morgan fingerprint density at radius 3 is 2.33 bits per heavy atom. The van der Waals surface area contributed by atoms with Crippen molar-refractivity contribution in [1.29, 1.82) is 0 Å². The fourth-order valence-corrected chi connectivity index (χ4v) is 6.31. The summed E-state index contributed by atoms with van der Waals surface area (Å²) in [5.74, 6) is -2.25. The Bertz CT molecular complexity index is 1240. The van der Waals surface area contributed by atoms with Gasteiger partial charge in [-0.1, -0.05) is 46.1 Å². The molecule has 0 radical (unpaired) electrons. The molecule has 2 aromatic rings. The summed E-state index contributed by atoms with van der Waals surface area (Å²) >= 11 is 0.